The second-order valence-electron chi connectivity index (χ2n) is 7.55. The van der Waals surface area contributed by atoms with Crippen molar-refractivity contribution in [3.8, 4) is 5.75 Å². The van der Waals surface area contributed by atoms with Crippen LogP contribution in [-0.4, -0.2) is 51.5 Å². The number of carbonyl (C=O) groups is 1. The summed E-state index contributed by atoms with van der Waals surface area (Å²) in [5, 5.41) is 2.90. The topological polar surface area (TPSA) is 87.7 Å². The molecule has 0 radical (unpaired) electrons. The van der Waals surface area contributed by atoms with Gasteiger partial charge in [-0.25, -0.2) is 8.42 Å². The summed E-state index contributed by atoms with van der Waals surface area (Å²) < 4.78 is 33.4. The number of rotatable bonds is 10. The first-order valence-electron chi connectivity index (χ1n) is 10.2. The van der Waals surface area contributed by atoms with Crippen LogP contribution < -0.4 is 14.8 Å². The largest absolute Gasteiger partial charge is 0.494 e. The number of nitrogens with one attached hydrogen (secondary N) is 2. The number of nitrogens with zero attached hydrogens (tertiary/aromatic N) is 1. The van der Waals surface area contributed by atoms with Gasteiger partial charge in [0, 0.05) is 29.9 Å². The third-order valence-corrected chi connectivity index (χ3v) is 6.58. The number of hydrogen-bond acceptors (Lipinski definition) is 5. The van der Waals surface area contributed by atoms with E-state index in [1.165, 1.54) is 25.0 Å². The predicted octanol–water partition coefficient (Wildman–Crippen LogP) is 3.10. The van der Waals surface area contributed by atoms with Gasteiger partial charge in [-0.2, -0.15) is 0 Å². The Hall–Kier alpha value is -2.58. The molecule has 2 aromatic carbocycles. The average molecular weight is 432 g/mol. The molecule has 1 saturated carbocycles. The van der Waals surface area contributed by atoms with Gasteiger partial charge in [0.25, 0.3) is 15.9 Å². The molecule has 7 nitrogen and oxygen atoms in total. The molecule has 1 atom stereocenters. The number of amides is 1. The van der Waals surface area contributed by atoms with Crippen molar-refractivity contribution in [2.75, 3.05) is 24.9 Å². The molecule has 0 bridgehead atoms. The van der Waals surface area contributed by atoms with Crippen molar-refractivity contribution in [2.45, 2.75) is 43.7 Å². The molecular weight excluding hydrogens is 402 g/mol. The van der Waals surface area contributed by atoms with Crippen molar-refractivity contribution >= 4 is 21.6 Å². The first-order valence-corrected chi connectivity index (χ1v) is 11.6. The number of sulfonamides is 1. The lowest BCUT2D eigenvalue weighted by atomic mass is 10.2. The first kappa shape index (κ1) is 22.1. The lowest BCUT2D eigenvalue weighted by Gasteiger charge is -2.24. The van der Waals surface area contributed by atoms with Crippen LogP contribution in [0.1, 0.15) is 37.0 Å². The van der Waals surface area contributed by atoms with Gasteiger partial charge in [-0.05, 0) is 76.2 Å². The number of hydrogen-bond donors (Lipinski definition) is 2. The molecule has 1 unspecified atom stereocenters. The molecule has 1 aliphatic rings. The molecule has 162 valence electrons. The van der Waals surface area contributed by atoms with E-state index in [2.05, 4.69) is 28.9 Å². The Balaban J connectivity index is 1.64. The first-order chi connectivity index (χ1) is 14.3. The molecule has 2 aromatic rings. The highest BCUT2D eigenvalue weighted by Gasteiger charge is 2.29. The van der Waals surface area contributed by atoms with E-state index in [9.17, 15) is 13.2 Å². The third kappa shape index (κ3) is 5.73. The van der Waals surface area contributed by atoms with E-state index < -0.39 is 10.0 Å². The Morgan fingerprint density at radius 2 is 1.90 bits per heavy atom. The summed E-state index contributed by atoms with van der Waals surface area (Å²) >= 11 is 0. The fraction of sp³-hybridized carbons (Fsp3) is 0.409. The highest BCUT2D eigenvalue weighted by Crippen LogP contribution is 2.26. The fourth-order valence-electron chi connectivity index (χ4n) is 3.13. The van der Waals surface area contributed by atoms with Crippen LogP contribution >= 0.6 is 0 Å². The van der Waals surface area contributed by atoms with Crippen LogP contribution in [0.2, 0.25) is 0 Å². The van der Waals surface area contributed by atoms with Crippen molar-refractivity contribution < 1.29 is 17.9 Å². The van der Waals surface area contributed by atoms with Crippen LogP contribution in [0.3, 0.4) is 0 Å². The SMILES string of the molecule is CCOc1ccc(NS(=O)(=O)c2cccc(C(=O)NCC(C)N(C)C3CC3)c2)cc1. The zero-order valence-corrected chi connectivity index (χ0v) is 18.4. The normalized spacial score (nSPS) is 14.9. The molecule has 0 spiro atoms. The van der Waals surface area contributed by atoms with E-state index in [0.29, 0.717) is 36.2 Å². The van der Waals surface area contributed by atoms with Crippen LogP contribution in [0.15, 0.2) is 53.4 Å². The summed E-state index contributed by atoms with van der Waals surface area (Å²) in [6, 6.07) is 13.5. The Morgan fingerprint density at radius 1 is 1.20 bits per heavy atom. The Morgan fingerprint density at radius 3 is 2.53 bits per heavy atom. The maximum atomic E-state index is 12.7. The maximum absolute atomic E-state index is 12.7. The van der Waals surface area contributed by atoms with Gasteiger partial charge in [-0.1, -0.05) is 6.07 Å². The van der Waals surface area contributed by atoms with Crippen molar-refractivity contribution in [3.05, 3.63) is 54.1 Å². The Kier molecular flexibility index (Phi) is 6.99. The van der Waals surface area contributed by atoms with Crippen LogP contribution in [-0.2, 0) is 10.0 Å². The monoisotopic (exact) mass is 431 g/mol. The van der Waals surface area contributed by atoms with Crippen molar-refractivity contribution in [1.29, 1.82) is 0 Å². The Labute approximate surface area is 178 Å². The van der Waals surface area contributed by atoms with Gasteiger partial charge in [0.15, 0.2) is 0 Å². The molecule has 1 fully saturated rings. The molecule has 0 aliphatic heterocycles. The zero-order valence-electron chi connectivity index (χ0n) is 17.6. The summed E-state index contributed by atoms with van der Waals surface area (Å²) in [5.74, 6) is 0.379. The summed E-state index contributed by atoms with van der Waals surface area (Å²) in [5.41, 5.74) is 0.732. The van der Waals surface area contributed by atoms with Crippen LogP contribution in [0.25, 0.3) is 0 Å². The highest BCUT2D eigenvalue weighted by molar-refractivity contribution is 7.92. The number of benzene rings is 2. The van der Waals surface area contributed by atoms with Gasteiger partial charge in [0.1, 0.15) is 5.75 Å². The molecule has 3 rings (SSSR count). The van der Waals surface area contributed by atoms with Gasteiger partial charge in [0.05, 0.1) is 11.5 Å². The standard InChI is InChI=1S/C22H29N3O4S/c1-4-29-20-12-8-18(9-13-20)24-30(27,28)21-7-5-6-17(14-21)22(26)23-15-16(2)25(3)19-10-11-19/h5-9,12-14,16,19,24H,4,10-11,15H2,1-3H3,(H,23,26). The quantitative estimate of drug-likeness (QED) is 0.604. The van der Waals surface area contributed by atoms with Crippen molar-refractivity contribution in [3.63, 3.8) is 0 Å². The van der Waals surface area contributed by atoms with Crippen molar-refractivity contribution in [2.24, 2.45) is 0 Å². The van der Waals surface area contributed by atoms with Crippen LogP contribution in [0.4, 0.5) is 5.69 Å². The molecule has 0 heterocycles. The Bertz CT molecular complexity index is 972. The molecule has 2 N–H and O–H groups in total. The molecule has 0 saturated heterocycles. The number of likely N-dealkylation sites (N-methyl/N-ethyl adjacent to an activating group) is 1. The number of carbonyl (C=O) groups excluding carboxylic acids is 1. The van der Waals surface area contributed by atoms with Gasteiger partial charge < -0.3 is 10.1 Å². The molecule has 30 heavy (non-hydrogen) atoms. The molecule has 1 aliphatic carbocycles. The van der Waals surface area contributed by atoms with E-state index in [1.54, 1.807) is 36.4 Å². The lowest BCUT2D eigenvalue weighted by molar-refractivity contribution is 0.0939. The minimum atomic E-state index is -3.82. The molecule has 0 aromatic heterocycles. The van der Waals surface area contributed by atoms with Crippen LogP contribution in [0.5, 0.6) is 5.75 Å². The minimum absolute atomic E-state index is 0.0344. The third-order valence-electron chi connectivity index (χ3n) is 5.20. The number of ether oxygens (including phenoxy) is 1. The van der Waals surface area contributed by atoms with Gasteiger partial charge in [-0.3, -0.25) is 14.4 Å². The molecule has 1 amide bonds. The maximum Gasteiger partial charge on any atom is 0.261 e. The summed E-state index contributed by atoms with van der Waals surface area (Å²) in [4.78, 5) is 14.8. The van der Waals surface area contributed by atoms with Crippen molar-refractivity contribution in [1.82, 2.24) is 10.2 Å². The van der Waals surface area contributed by atoms with E-state index >= 15 is 0 Å². The summed E-state index contributed by atoms with van der Waals surface area (Å²) in [6.07, 6.45) is 2.41. The zero-order chi connectivity index (χ0) is 21.7. The van der Waals surface area contributed by atoms with Gasteiger partial charge in [0.2, 0.25) is 0 Å². The highest BCUT2D eigenvalue weighted by atomic mass is 32.2. The fourth-order valence-corrected chi connectivity index (χ4v) is 4.24. The predicted molar refractivity (Wildman–Crippen MR) is 117 cm³/mol. The van der Waals surface area contributed by atoms with Crippen LogP contribution in [0, 0.1) is 0 Å². The molecular formula is C22H29N3O4S. The lowest BCUT2D eigenvalue weighted by Crippen LogP contribution is -2.41. The van der Waals surface area contributed by atoms with E-state index in [1.807, 2.05) is 6.92 Å². The van der Waals surface area contributed by atoms with E-state index in [0.717, 1.165) is 0 Å². The summed E-state index contributed by atoms with van der Waals surface area (Å²) in [7, 11) is -1.76. The second-order valence-corrected chi connectivity index (χ2v) is 9.23. The van der Waals surface area contributed by atoms with E-state index in [-0.39, 0.29) is 16.8 Å². The van der Waals surface area contributed by atoms with E-state index in [4.69, 9.17) is 4.74 Å². The summed E-state index contributed by atoms with van der Waals surface area (Å²) in [6.45, 7) is 4.99. The average Bonchev–Trinajstić information content (AvgIpc) is 3.58. The van der Waals surface area contributed by atoms with Gasteiger partial charge in [-0.15, -0.1) is 0 Å². The van der Waals surface area contributed by atoms with Gasteiger partial charge >= 0.3 is 0 Å². The smallest absolute Gasteiger partial charge is 0.261 e. The minimum Gasteiger partial charge on any atom is -0.494 e. The molecule has 8 heteroatoms. The number of anilines is 1. The second kappa shape index (κ2) is 9.49.